The Morgan fingerprint density at radius 2 is 1.19 bits per heavy atom. The van der Waals surface area contributed by atoms with Crippen molar-refractivity contribution in [2.24, 2.45) is 5.92 Å². The average Bonchev–Trinajstić information content (AvgIpc) is 2.83. The topological polar surface area (TPSA) is 0 Å². The predicted octanol–water partition coefficient (Wildman–Crippen LogP) is 8.48. The second-order valence-corrected chi connectivity index (χ2v) is 9.04. The Hall–Kier alpha value is -2.44. The van der Waals surface area contributed by atoms with Crippen molar-refractivity contribution in [3.05, 3.63) is 70.8 Å². The summed E-state index contributed by atoms with van der Waals surface area (Å²) in [6.07, 6.45) is 14.3. The van der Waals surface area contributed by atoms with Crippen LogP contribution in [0.2, 0.25) is 0 Å². The van der Waals surface area contributed by atoms with Gasteiger partial charge in [0.2, 0.25) is 0 Å². The smallest absolute Gasteiger partial charge is 0.0249 e. The van der Waals surface area contributed by atoms with E-state index in [1.54, 1.807) is 0 Å². The van der Waals surface area contributed by atoms with Crippen molar-refractivity contribution in [3.63, 3.8) is 0 Å². The predicted molar refractivity (Wildman–Crippen MR) is 134 cm³/mol. The standard InChI is InChI=1S/C31H38/c1-3-5-6-7-8-9-10-11-27-12-14-28(15-13-27)16-17-29-20-24-31(25-21-29)30-22-18-26(4-2)19-23-30/h12-15,20-21,24-26,30H,3-9,18-19,22-23H2,1-2H3/t26-,30-. The molecule has 0 radical (unpaired) electrons. The van der Waals surface area contributed by atoms with Gasteiger partial charge in [-0.05, 0) is 85.9 Å². The fraction of sp³-hybridized carbons (Fsp3) is 0.484. The molecule has 1 saturated carbocycles. The van der Waals surface area contributed by atoms with Crippen molar-refractivity contribution in [1.29, 1.82) is 0 Å². The van der Waals surface area contributed by atoms with Crippen LogP contribution in [0.15, 0.2) is 48.5 Å². The molecule has 0 N–H and O–H groups in total. The van der Waals surface area contributed by atoms with Gasteiger partial charge in [-0.3, -0.25) is 0 Å². The Kier molecular flexibility index (Phi) is 9.80. The Morgan fingerprint density at radius 3 is 1.77 bits per heavy atom. The minimum atomic E-state index is 0.745. The van der Waals surface area contributed by atoms with Crippen LogP contribution in [-0.2, 0) is 0 Å². The Labute approximate surface area is 190 Å². The van der Waals surface area contributed by atoms with Gasteiger partial charge in [-0.1, -0.05) is 81.8 Å². The van der Waals surface area contributed by atoms with Gasteiger partial charge >= 0.3 is 0 Å². The molecule has 2 aromatic carbocycles. The number of hydrogen-bond donors (Lipinski definition) is 0. The molecular weight excluding hydrogens is 372 g/mol. The third-order valence-corrected chi connectivity index (χ3v) is 6.68. The molecule has 0 aliphatic heterocycles. The first kappa shape index (κ1) is 23.2. The van der Waals surface area contributed by atoms with E-state index in [0.717, 1.165) is 34.9 Å². The lowest BCUT2D eigenvalue weighted by Gasteiger charge is -2.28. The molecule has 0 saturated heterocycles. The second kappa shape index (κ2) is 13.1. The van der Waals surface area contributed by atoms with E-state index in [2.05, 4.69) is 86.1 Å². The molecule has 1 aliphatic rings. The zero-order valence-corrected chi connectivity index (χ0v) is 19.6. The Balaban J connectivity index is 1.48. The van der Waals surface area contributed by atoms with Crippen molar-refractivity contribution in [3.8, 4) is 23.7 Å². The van der Waals surface area contributed by atoms with E-state index in [0.29, 0.717) is 0 Å². The molecule has 31 heavy (non-hydrogen) atoms. The average molecular weight is 411 g/mol. The van der Waals surface area contributed by atoms with E-state index >= 15 is 0 Å². The van der Waals surface area contributed by atoms with Crippen LogP contribution in [0.4, 0.5) is 0 Å². The van der Waals surface area contributed by atoms with E-state index < -0.39 is 0 Å². The summed E-state index contributed by atoms with van der Waals surface area (Å²) in [6, 6.07) is 17.3. The molecule has 162 valence electrons. The molecule has 0 amide bonds. The highest BCUT2D eigenvalue weighted by Gasteiger charge is 2.20. The number of unbranched alkanes of at least 4 members (excludes halogenated alkanes) is 5. The van der Waals surface area contributed by atoms with Gasteiger partial charge in [-0.25, -0.2) is 0 Å². The van der Waals surface area contributed by atoms with Gasteiger partial charge in [0, 0.05) is 23.1 Å². The van der Waals surface area contributed by atoms with Crippen LogP contribution < -0.4 is 0 Å². The first-order valence-electron chi connectivity index (χ1n) is 12.5. The van der Waals surface area contributed by atoms with Gasteiger partial charge in [0.15, 0.2) is 0 Å². The molecule has 0 spiro atoms. The number of hydrogen-bond acceptors (Lipinski definition) is 0. The number of rotatable bonds is 7. The van der Waals surface area contributed by atoms with E-state index in [1.165, 1.54) is 69.8 Å². The van der Waals surface area contributed by atoms with Crippen LogP contribution in [0, 0.1) is 29.6 Å². The molecule has 0 heterocycles. The van der Waals surface area contributed by atoms with Gasteiger partial charge in [-0.2, -0.15) is 0 Å². The Bertz CT molecular complexity index is 885. The summed E-state index contributed by atoms with van der Waals surface area (Å²) in [6.45, 7) is 4.58. The highest BCUT2D eigenvalue weighted by Crippen LogP contribution is 2.36. The van der Waals surface area contributed by atoms with Gasteiger partial charge in [-0.15, -0.1) is 0 Å². The molecule has 0 bridgehead atoms. The summed E-state index contributed by atoms with van der Waals surface area (Å²) in [5, 5.41) is 0. The third kappa shape index (κ3) is 7.96. The summed E-state index contributed by atoms with van der Waals surface area (Å²) < 4.78 is 0. The lowest BCUT2D eigenvalue weighted by atomic mass is 9.78. The van der Waals surface area contributed by atoms with Crippen LogP contribution in [0.3, 0.4) is 0 Å². The van der Waals surface area contributed by atoms with E-state index in [1.807, 2.05) is 0 Å². The maximum atomic E-state index is 3.32. The Morgan fingerprint density at radius 1 is 0.645 bits per heavy atom. The minimum Gasteiger partial charge on any atom is -0.0979 e. The summed E-state index contributed by atoms with van der Waals surface area (Å²) in [4.78, 5) is 0. The fourth-order valence-corrected chi connectivity index (χ4v) is 4.51. The second-order valence-electron chi connectivity index (χ2n) is 9.04. The zero-order valence-electron chi connectivity index (χ0n) is 19.6. The fourth-order valence-electron chi connectivity index (χ4n) is 4.51. The maximum absolute atomic E-state index is 3.32. The molecular formula is C31H38. The largest absolute Gasteiger partial charge is 0.0979 e. The van der Waals surface area contributed by atoms with E-state index in [9.17, 15) is 0 Å². The first-order chi connectivity index (χ1) is 15.3. The molecule has 0 heteroatoms. The van der Waals surface area contributed by atoms with Crippen LogP contribution in [0.25, 0.3) is 0 Å². The molecule has 1 fully saturated rings. The van der Waals surface area contributed by atoms with E-state index in [-0.39, 0.29) is 0 Å². The quantitative estimate of drug-likeness (QED) is 0.317. The van der Waals surface area contributed by atoms with Crippen LogP contribution in [0.5, 0.6) is 0 Å². The highest BCUT2D eigenvalue weighted by molar-refractivity contribution is 5.46. The van der Waals surface area contributed by atoms with Gasteiger partial charge in [0.1, 0.15) is 0 Å². The monoisotopic (exact) mass is 410 g/mol. The zero-order chi connectivity index (χ0) is 21.7. The maximum Gasteiger partial charge on any atom is 0.0249 e. The van der Waals surface area contributed by atoms with Gasteiger partial charge < -0.3 is 0 Å². The molecule has 2 aromatic rings. The molecule has 1 aliphatic carbocycles. The van der Waals surface area contributed by atoms with Gasteiger partial charge in [0.25, 0.3) is 0 Å². The minimum absolute atomic E-state index is 0.745. The summed E-state index contributed by atoms with van der Waals surface area (Å²) in [5.41, 5.74) is 4.72. The van der Waals surface area contributed by atoms with Gasteiger partial charge in [0.05, 0.1) is 0 Å². The third-order valence-electron chi connectivity index (χ3n) is 6.68. The summed E-state index contributed by atoms with van der Waals surface area (Å²) in [7, 11) is 0. The SMILES string of the molecule is CCCCCCCC#Cc1ccc(C#Cc2ccc([C@H]3CC[C@H](CC)CC3)cc2)cc1. The van der Waals surface area contributed by atoms with Crippen LogP contribution in [0.1, 0.15) is 113 Å². The molecule has 0 aromatic heterocycles. The van der Waals surface area contributed by atoms with Crippen molar-refractivity contribution in [2.45, 2.75) is 90.4 Å². The van der Waals surface area contributed by atoms with Crippen molar-refractivity contribution < 1.29 is 0 Å². The lowest BCUT2D eigenvalue weighted by Crippen LogP contribution is -2.12. The summed E-state index contributed by atoms with van der Waals surface area (Å²) in [5.74, 6) is 14.9. The van der Waals surface area contributed by atoms with Crippen LogP contribution >= 0.6 is 0 Å². The number of benzene rings is 2. The lowest BCUT2D eigenvalue weighted by molar-refractivity contribution is 0.319. The van der Waals surface area contributed by atoms with Crippen LogP contribution in [-0.4, -0.2) is 0 Å². The molecule has 0 atom stereocenters. The first-order valence-corrected chi connectivity index (χ1v) is 12.5. The van der Waals surface area contributed by atoms with Crippen molar-refractivity contribution >= 4 is 0 Å². The van der Waals surface area contributed by atoms with Crippen molar-refractivity contribution in [2.75, 3.05) is 0 Å². The highest BCUT2D eigenvalue weighted by atomic mass is 14.3. The van der Waals surface area contributed by atoms with E-state index in [4.69, 9.17) is 0 Å². The normalized spacial score (nSPS) is 17.9. The molecule has 0 unspecified atom stereocenters. The van der Waals surface area contributed by atoms with Crippen molar-refractivity contribution in [1.82, 2.24) is 0 Å². The molecule has 3 rings (SSSR count). The molecule has 0 nitrogen and oxygen atoms in total. The summed E-state index contributed by atoms with van der Waals surface area (Å²) >= 11 is 0.